The summed E-state index contributed by atoms with van der Waals surface area (Å²) in [5.41, 5.74) is 6.14. The number of carboxylic acid groups (broad SMARTS) is 1. The number of nitrogens with one attached hydrogen (secondary N) is 1. The third-order valence-corrected chi connectivity index (χ3v) is 7.88. The Morgan fingerprint density at radius 3 is 2.50 bits per heavy atom. The minimum atomic E-state index is -0.952. The van der Waals surface area contributed by atoms with E-state index in [1.807, 2.05) is 30.3 Å². The van der Waals surface area contributed by atoms with E-state index in [1.54, 1.807) is 12.1 Å². The van der Waals surface area contributed by atoms with E-state index in [1.165, 1.54) is 17.5 Å². The molecule has 182 valence electrons. The highest BCUT2D eigenvalue weighted by molar-refractivity contribution is 6.30. The first-order valence-corrected chi connectivity index (χ1v) is 12.9. The predicted octanol–water partition coefficient (Wildman–Crippen LogP) is 6.34. The van der Waals surface area contributed by atoms with Crippen LogP contribution < -0.4 is 5.32 Å². The summed E-state index contributed by atoms with van der Waals surface area (Å²) >= 11 is 6.24. The summed E-state index contributed by atoms with van der Waals surface area (Å²) < 4.78 is 2.16. The molecule has 1 amide bonds. The zero-order chi connectivity index (χ0) is 24.9. The average molecular weight is 499 g/mol. The van der Waals surface area contributed by atoms with Gasteiger partial charge >= 0.3 is 5.97 Å². The van der Waals surface area contributed by atoms with E-state index in [2.05, 4.69) is 34.3 Å². The monoisotopic (exact) mass is 498 g/mol. The second kappa shape index (κ2) is 8.82. The zero-order valence-electron chi connectivity index (χ0n) is 19.9. The molecule has 6 rings (SSSR count). The fourth-order valence-electron chi connectivity index (χ4n) is 5.62. The molecular weight excluding hydrogens is 472 g/mol. The van der Waals surface area contributed by atoms with Gasteiger partial charge in [-0.05, 0) is 97.2 Å². The smallest absolute Gasteiger partial charge is 0.335 e. The number of halogens is 1. The van der Waals surface area contributed by atoms with E-state index >= 15 is 0 Å². The van der Waals surface area contributed by atoms with Gasteiger partial charge in [-0.1, -0.05) is 35.9 Å². The Kier molecular flexibility index (Phi) is 5.60. The first-order valence-electron chi connectivity index (χ1n) is 12.5. The number of amides is 1. The standard InChI is InChI=1S/C30H27ClN2O3/c31-23-6-3-4-19(16-23)18-33-15-12-25-24-7-2-1-5-21(24)17-26(27(25)33)28(34)32-30(13-14-30)22-10-8-20(9-11-22)29(35)36/h3-4,6,8-12,15-17H,1-2,5,7,13-14,18H2,(H,32,34)(H,35,36). The predicted molar refractivity (Wildman–Crippen MR) is 141 cm³/mol. The number of carbonyl (C=O) groups excluding carboxylic acids is 1. The van der Waals surface area contributed by atoms with Crippen LogP contribution in [0.15, 0.2) is 66.9 Å². The van der Waals surface area contributed by atoms with Crippen molar-refractivity contribution in [2.75, 3.05) is 0 Å². The average Bonchev–Trinajstić information content (AvgIpc) is 3.54. The molecule has 0 bridgehead atoms. The van der Waals surface area contributed by atoms with Gasteiger partial charge in [0.25, 0.3) is 5.91 Å². The third-order valence-electron chi connectivity index (χ3n) is 7.65. The van der Waals surface area contributed by atoms with Crippen molar-refractivity contribution in [2.24, 2.45) is 0 Å². The molecule has 0 radical (unpaired) electrons. The fraction of sp³-hybridized carbons (Fsp3) is 0.267. The highest BCUT2D eigenvalue weighted by Crippen LogP contribution is 2.46. The van der Waals surface area contributed by atoms with Crippen LogP contribution in [-0.4, -0.2) is 21.6 Å². The Bertz CT molecular complexity index is 1500. The molecule has 2 aliphatic carbocycles. The molecule has 36 heavy (non-hydrogen) atoms. The molecule has 4 aromatic rings. The Balaban J connectivity index is 1.39. The minimum absolute atomic E-state index is 0.0840. The summed E-state index contributed by atoms with van der Waals surface area (Å²) in [6.07, 6.45) is 8.09. The molecule has 1 aromatic heterocycles. The molecule has 3 aromatic carbocycles. The number of aromatic carboxylic acids is 1. The molecule has 5 nitrogen and oxygen atoms in total. The lowest BCUT2D eigenvalue weighted by Gasteiger charge is -2.22. The Hall–Kier alpha value is -3.57. The van der Waals surface area contributed by atoms with E-state index in [9.17, 15) is 14.7 Å². The quantitative estimate of drug-likeness (QED) is 0.326. The van der Waals surface area contributed by atoms with Crippen LogP contribution in [0.4, 0.5) is 0 Å². The van der Waals surface area contributed by atoms with Crippen LogP contribution in [0.5, 0.6) is 0 Å². The summed E-state index contributed by atoms with van der Waals surface area (Å²) in [7, 11) is 0. The van der Waals surface area contributed by atoms with Crippen molar-refractivity contribution >= 4 is 34.4 Å². The van der Waals surface area contributed by atoms with Gasteiger partial charge in [-0.15, -0.1) is 0 Å². The number of carboxylic acids is 1. The highest BCUT2D eigenvalue weighted by atomic mass is 35.5. The molecule has 0 aliphatic heterocycles. The number of fused-ring (bicyclic) bond motifs is 3. The number of aromatic nitrogens is 1. The number of aryl methyl sites for hydroxylation is 2. The summed E-state index contributed by atoms with van der Waals surface area (Å²) in [6, 6.07) is 18.9. The maximum Gasteiger partial charge on any atom is 0.335 e. The fourth-order valence-corrected chi connectivity index (χ4v) is 5.83. The molecule has 0 unspecified atom stereocenters. The molecule has 0 saturated heterocycles. The van der Waals surface area contributed by atoms with Gasteiger partial charge in [0.1, 0.15) is 0 Å². The van der Waals surface area contributed by atoms with Crippen molar-refractivity contribution in [3.05, 3.63) is 105 Å². The number of benzene rings is 3. The number of hydrogen-bond donors (Lipinski definition) is 2. The summed E-state index contributed by atoms with van der Waals surface area (Å²) in [4.78, 5) is 25.1. The van der Waals surface area contributed by atoms with E-state index in [0.717, 1.165) is 54.1 Å². The molecule has 2 N–H and O–H groups in total. The Labute approximate surface area is 214 Å². The van der Waals surface area contributed by atoms with Crippen LogP contribution in [0.25, 0.3) is 10.9 Å². The maximum absolute atomic E-state index is 13.9. The molecule has 2 aliphatic rings. The van der Waals surface area contributed by atoms with Crippen molar-refractivity contribution in [1.82, 2.24) is 9.88 Å². The minimum Gasteiger partial charge on any atom is -0.478 e. The molecule has 1 fully saturated rings. The molecule has 1 saturated carbocycles. The number of carbonyl (C=O) groups is 2. The van der Waals surface area contributed by atoms with Crippen LogP contribution in [0.2, 0.25) is 5.02 Å². The van der Waals surface area contributed by atoms with Crippen molar-refractivity contribution in [2.45, 2.75) is 50.6 Å². The van der Waals surface area contributed by atoms with Crippen molar-refractivity contribution in [3.8, 4) is 0 Å². The van der Waals surface area contributed by atoms with Gasteiger partial charge in [0.2, 0.25) is 0 Å². The summed E-state index contributed by atoms with van der Waals surface area (Å²) in [6.45, 7) is 0.630. The largest absolute Gasteiger partial charge is 0.478 e. The van der Waals surface area contributed by atoms with Crippen LogP contribution in [0, 0.1) is 0 Å². The van der Waals surface area contributed by atoms with E-state index in [-0.39, 0.29) is 11.5 Å². The lowest BCUT2D eigenvalue weighted by atomic mass is 9.87. The zero-order valence-corrected chi connectivity index (χ0v) is 20.6. The van der Waals surface area contributed by atoms with Crippen molar-refractivity contribution < 1.29 is 14.7 Å². The first-order chi connectivity index (χ1) is 17.4. The number of hydrogen-bond acceptors (Lipinski definition) is 2. The third kappa shape index (κ3) is 4.07. The van der Waals surface area contributed by atoms with Gasteiger partial charge in [0.05, 0.1) is 22.2 Å². The molecule has 0 spiro atoms. The highest BCUT2D eigenvalue weighted by Gasteiger charge is 2.46. The number of nitrogens with zero attached hydrogens (tertiary/aromatic N) is 1. The van der Waals surface area contributed by atoms with Crippen LogP contribution >= 0.6 is 11.6 Å². The molecular formula is C30H27ClN2O3. The number of rotatable bonds is 6. The van der Waals surface area contributed by atoms with Gasteiger partial charge in [0.15, 0.2) is 0 Å². The summed E-state index contributed by atoms with van der Waals surface area (Å²) in [5, 5.41) is 14.4. The SMILES string of the molecule is O=C(O)c1ccc(C2(NC(=O)c3cc4c(c5ccn(Cc6cccc(Cl)c6)c35)CCCC4)CC2)cc1. The molecule has 0 atom stereocenters. The van der Waals surface area contributed by atoms with Gasteiger partial charge in [-0.25, -0.2) is 4.79 Å². The Morgan fingerprint density at radius 1 is 1.00 bits per heavy atom. The van der Waals surface area contributed by atoms with E-state index in [4.69, 9.17) is 11.6 Å². The first kappa shape index (κ1) is 22.9. The van der Waals surface area contributed by atoms with E-state index < -0.39 is 11.5 Å². The van der Waals surface area contributed by atoms with Crippen LogP contribution in [0.3, 0.4) is 0 Å². The van der Waals surface area contributed by atoms with Crippen molar-refractivity contribution in [3.63, 3.8) is 0 Å². The lowest BCUT2D eigenvalue weighted by Crippen LogP contribution is -2.35. The van der Waals surface area contributed by atoms with Crippen molar-refractivity contribution in [1.29, 1.82) is 0 Å². The molecule has 1 heterocycles. The van der Waals surface area contributed by atoms with Crippen LogP contribution in [-0.2, 0) is 24.9 Å². The molecule has 6 heteroatoms. The topological polar surface area (TPSA) is 71.3 Å². The van der Waals surface area contributed by atoms with Crippen LogP contribution in [0.1, 0.15) is 68.7 Å². The Morgan fingerprint density at radius 2 is 1.78 bits per heavy atom. The maximum atomic E-state index is 13.9. The normalized spacial score (nSPS) is 15.9. The summed E-state index contributed by atoms with van der Waals surface area (Å²) in [5.74, 6) is -1.04. The van der Waals surface area contributed by atoms with Gasteiger partial charge in [-0.3, -0.25) is 4.79 Å². The van der Waals surface area contributed by atoms with E-state index in [0.29, 0.717) is 17.1 Å². The van der Waals surface area contributed by atoms with Gasteiger partial charge in [0, 0.05) is 23.2 Å². The second-order valence-electron chi connectivity index (χ2n) is 10.0. The van der Waals surface area contributed by atoms with Gasteiger partial charge < -0.3 is 15.0 Å². The van der Waals surface area contributed by atoms with Gasteiger partial charge in [-0.2, -0.15) is 0 Å². The lowest BCUT2D eigenvalue weighted by molar-refractivity contribution is 0.0696. The second-order valence-corrected chi connectivity index (χ2v) is 10.5.